The Hall–Kier alpha value is -4.96. The van der Waals surface area contributed by atoms with Crippen molar-refractivity contribution in [3.8, 4) is 0 Å². The summed E-state index contributed by atoms with van der Waals surface area (Å²) in [7, 11) is 0. The molecule has 2 aliphatic rings. The Balaban J connectivity index is 1.61. The molecule has 0 spiro atoms. The maximum absolute atomic E-state index is 13.7. The van der Waals surface area contributed by atoms with E-state index in [1.54, 1.807) is 0 Å². The number of carbonyl (C=O) groups is 1. The van der Waals surface area contributed by atoms with E-state index >= 15 is 0 Å². The first-order valence-electron chi connectivity index (χ1n) is 14.4. The average molecular weight is 548 g/mol. The molecule has 4 nitrogen and oxygen atoms in total. The predicted molar refractivity (Wildman–Crippen MR) is 170 cm³/mol. The van der Waals surface area contributed by atoms with Crippen LogP contribution in [0.4, 0.5) is 0 Å². The highest BCUT2D eigenvalue weighted by molar-refractivity contribution is 6.25. The van der Waals surface area contributed by atoms with E-state index < -0.39 is 5.41 Å². The molecular weight excluding hydrogens is 514 g/mol. The minimum absolute atomic E-state index is 0.213. The Bertz CT molecular complexity index is 2030. The van der Waals surface area contributed by atoms with Crippen molar-refractivity contribution in [2.45, 2.75) is 38.5 Å². The highest BCUT2D eigenvalue weighted by Crippen LogP contribution is 2.37. The SMILES string of the molecule is CC1(C)C2=NC(=O)C(=C2)/C(c2ccccc2)=c2/cc/c([nH]2)=C(\c2ccccc2)c2ccc([nH]2)C(C)(C)c2cccc1c2. The van der Waals surface area contributed by atoms with E-state index in [1.165, 1.54) is 5.56 Å². The number of aromatic nitrogens is 2. The first-order valence-corrected chi connectivity index (χ1v) is 14.4. The quantitative estimate of drug-likeness (QED) is 0.267. The van der Waals surface area contributed by atoms with Gasteiger partial charge in [-0.05, 0) is 52.6 Å². The molecule has 8 bridgehead atoms. The summed E-state index contributed by atoms with van der Waals surface area (Å²) in [5, 5.41) is 1.84. The van der Waals surface area contributed by atoms with Crippen molar-refractivity contribution in [1.29, 1.82) is 0 Å². The summed E-state index contributed by atoms with van der Waals surface area (Å²) in [4.78, 5) is 25.8. The molecule has 2 N–H and O–H groups in total. The van der Waals surface area contributed by atoms with Crippen LogP contribution in [0.2, 0.25) is 0 Å². The first kappa shape index (κ1) is 26.0. The lowest BCUT2D eigenvalue weighted by atomic mass is 9.75. The molecule has 4 heterocycles. The molecule has 4 heteroatoms. The van der Waals surface area contributed by atoms with Crippen LogP contribution in [0.5, 0.6) is 0 Å². The minimum atomic E-state index is -0.474. The topological polar surface area (TPSA) is 61.0 Å². The smallest absolute Gasteiger partial charge is 0.278 e. The average Bonchev–Trinajstić information content (AvgIpc) is 3.77. The number of benzene rings is 3. The van der Waals surface area contributed by atoms with E-state index in [2.05, 4.69) is 128 Å². The molecule has 3 aromatic carbocycles. The number of H-pyrrole nitrogens is 2. The highest BCUT2D eigenvalue weighted by Gasteiger charge is 2.35. The van der Waals surface area contributed by atoms with Crippen LogP contribution in [0, 0.1) is 0 Å². The summed E-state index contributed by atoms with van der Waals surface area (Å²) in [6, 6.07) is 37.8. The van der Waals surface area contributed by atoms with Crippen LogP contribution in [0.15, 0.2) is 126 Å². The van der Waals surface area contributed by atoms with Crippen molar-refractivity contribution in [3.63, 3.8) is 0 Å². The fourth-order valence-electron chi connectivity index (χ4n) is 6.21. The van der Waals surface area contributed by atoms with Crippen LogP contribution in [-0.2, 0) is 15.6 Å². The van der Waals surface area contributed by atoms with Crippen LogP contribution in [-0.4, -0.2) is 21.6 Å². The molecule has 206 valence electrons. The molecule has 0 radical (unpaired) electrons. The van der Waals surface area contributed by atoms with Gasteiger partial charge in [0, 0.05) is 44.1 Å². The maximum atomic E-state index is 13.7. The summed E-state index contributed by atoms with van der Waals surface area (Å²) in [6.07, 6.45) is 1.99. The van der Waals surface area contributed by atoms with E-state index in [0.717, 1.165) is 55.6 Å². The summed E-state index contributed by atoms with van der Waals surface area (Å²) >= 11 is 0. The molecule has 2 aromatic heterocycles. The van der Waals surface area contributed by atoms with Gasteiger partial charge in [0.25, 0.3) is 5.91 Å². The van der Waals surface area contributed by atoms with Crippen LogP contribution < -0.4 is 10.7 Å². The van der Waals surface area contributed by atoms with Crippen LogP contribution in [0.3, 0.4) is 0 Å². The summed E-state index contributed by atoms with van der Waals surface area (Å²) in [6.45, 7) is 8.80. The molecule has 1 amide bonds. The summed E-state index contributed by atoms with van der Waals surface area (Å²) in [5.41, 5.74) is 9.08. The van der Waals surface area contributed by atoms with Gasteiger partial charge in [0.1, 0.15) is 0 Å². The third-order valence-corrected chi connectivity index (χ3v) is 8.93. The fraction of sp³-hybridized carbons (Fsp3) is 0.158. The van der Waals surface area contributed by atoms with Crippen molar-refractivity contribution >= 4 is 22.8 Å². The fourth-order valence-corrected chi connectivity index (χ4v) is 6.21. The predicted octanol–water partition coefficient (Wildman–Crippen LogP) is 6.31. The normalized spacial score (nSPS) is 19.8. The van der Waals surface area contributed by atoms with E-state index in [9.17, 15) is 4.79 Å². The summed E-state index contributed by atoms with van der Waals surface area (Å²) < 4.78 is 0. The Morgan fingerprint density at radius 3 is 1.86 bits per heavy atom. The maximum Gasteiger partial charge on any atom is 0.278 e. The molecule has 0 saturated carbocycles. The number of hydrogen-bond acceptors (Lipinski definition) is 1. The number of nitrogens with zero attached hydrogens (tertiary/aromatic N) is 1. The molecule has 0 aliphatic carbocycles. The number of carbonyl (C=O) groups excluding carboxylic acids is 1. The first-order chi connectivity index (χ1) is 20.2. The van der Waals surface area contributed by atoms with Crippen molar-refractivity contribution < 1.29 is 4.79 Å². The van der Waals surface area contributed by atoms with E-state index in [-0.39, 0.29) is 11.3 Å². The van der Waals surface area contributed by atoms with Crippen LogP contribution in [0.1, 0.15) is 61.3 Å². The number of aromatic amines is 2. The third kappa shape index (κ3) is 4.14. The molecular formula is C38H33N3O. The Morgan fingerprint density at radius 2 is 1.19 bits per heavy atom. The highest BCUT2D eigenvalue weighted by atomic mass is 16.1. The van der Waals surface area contributed by atoms with E-state index in [4.69, 9.17) is 0 Å². The van der Waals surface area contributed by atoms with Gasteiger partial charge >= 0.3 is 0 Å². The van der Waals surface area contributed by atoms with Crippen LogP contribution >= 0.6 is 0 Å². The zero-order valence-corrected chi connectivity index (χ0v) is 24.3. The second-order valence-electron chi connectivity index (χ2n) is 12.2. The lowest BCUT2D eigenvalue weighted by molar-refractivity contribution is -0.113. The third-order valence-electron chi connectivity index (χ3n) is 8.93. The van der Waals surface area contributed by atoms with Gasteiger partial charge in [-0.15, -0.1) is 0 Å². The van der Waals surface area contributed by atoms with Crippen LogP contribution in [0.25, 0.3) is 11.1 Å². The molecule has 0 atom stereocenters. The monoisotopic (exact) mass is 547 g/mol. The number of aliphatic imine (C=N–C) groups is 1. The number of allylic oxidation sites excluding steroid dienone is 1. The standard InChI is InChI=1S/C38H33N3O/c1-37(2)26-16-11-17-27(22-26)38(3,4)33-23-28(36(42)41-33)34(24-12-7-5-8-13-24)29-18-19-30(39-29)35(25-14-9-6-10-15-25)31-20-21-32(37)40-31/h5-23,39-40H,1-4H3/b34-29-,35-30-. The van der Waals surface area contributed by atoms with Gasteiger partial charge in [-0.2, -0.15) is 0 Å². The molecule has 0 unspecified atom stereocenters. The Labute approximate surface area is 245 Å². The largest absolute Gasteiger partial charge is 0.358 e. The number of amides is 1. The second-order valence-corrected chi connectivity index (χ2v) is 12.2. The molecule has 5 aromatic rings. The molecule has 2 aliphatic heterocycles. The Morgan fingerprint density at radius 1 is 0.595 bits per heavy atom. The number of fused-ring (bicyclic) bond motifs is 7. The van der Waals surface area contributed by atoms with Gasteiger partial charge in [0.05, 0.1) is 11.3 Å². The van der Waals surface area contributed by atoms with Crippen molar-refractivity contribution in [2.24, 2.45) is 4.99 Å². The zero-order valence-electron chi connectivity index (χ0n) is 24.3. The van der Waals surface area contributed by atoms with Gasteiger partial charge in [-0.3, -0.25) is 4.79 Å². The van der Waals surface area contributed by atoms with Gasteiger partial charge in [-0.1, -0.05) is 113 Å². The number of nitrogens with one attached hydrogen (secondary N) is 2. The summed E-state index contributed by atoms with van der Waals surface area (Å²) in [5.74, 6) is -0.213. The van der Waals surface area contributed by atoms with Crippen molar-refractivity contribution in [1.82, 2.24) is 9.97 Å². The zero-order chi connectivity index (χ0) is 29.1. The lowest BCUT2D eigenvalue weighted by Gasteiger charge is -2.29. The van der Waals surface area contributed by atoms with Crippen molar-refractivity contribution in [3.05, 3.63) is 165 Å². The van der Waals surface area contributed by atoms with Gasteiger partial charge in [-0.25, -0.2) is 4.99 Å². The number of hydrogen-bond donors (Lipinski definition) is 2. The molecule has 7 rings (SSSR count). The molecule has 0 saturated heterocycles. The van der Waals surface area contributed by atoms with Crippen molar-refractivity contribution in [2.75, 3.05) is 0 Å². The lowest BCUT2D eigenvalue weighted by Crippen LogP contribution is -2.28. The Kier molecular flexibility index (Phi) is 5.91. The minimum Gasteiger partial charge on any atom is -0.358 e. The van der Waals surface area contributed by atoms with E-state index in [0.29, 0.717) is 5.57 Å². The van der Waals surface area contributed by atoms with Gasteiger partial charge < -0.3 is 9.97 Å². The second kappa shape index (κ2) is 9.56. The van der Waals surface area contributed by atoms with Gasteiger partial charge in [0.2, 0.25) is 0 Å². The van der Waals surface area contributed by atoms with E-state index in [1.807, 2.05) is 30.3 Å². The molecule has 42 heavy (non-hydrogen) atoms. The number of rotatable bonds is 2. The van der Waals surface area contributed by atoms with Gasteiger partial charge in [0.15, 0.2) is 0 Å². The molecule has 0 fully saturated rings.